The number of pyridine rings is 1. The Morgan fingerprint density at radius 2 is 2.43 bits per heavy atom. The van der Waals surface area contributed by atoms with E-state index in [0.717, 1.165) is 0 Å². The fourth-order valence-corrected chi connectivity index (χ4v) is 1.15. The Hall–Kier alpha value is -1.41. The third-order valence-electron chi connectivity index (χ3n) is 1.44. The number of hydrogen-bond acceptors (Lipinski definition) is 4. The molecule has 0 aliphatic rings. The summed E-state index contributed by atoms with van der Waals surface area (Å²) in [5, 5.41) is 8.66. The molecule has 1 aromatic rings. The summed E-state index contributed by atoms with van der Waals surface area (Å²) in [4.78, 5) is 15.0. The molecule has 0 amide bonds. The van der Waals surface area contributed by atoms with Gasteiger partial charge in [-0.3, -0.25) is 0 Å². The highest BCUT2D eigenvalue weighted by molar-refractivity contribution is 9.10. The molecule has 0 spiro atoms. The van der Waals surface area contributed by atoms with Gasteiger partial charge in [0.25, 0.3) is 0 Å². The molecule has 1 aromatic heterocycles. The molecule has 0 radical (unpaired) electrons. The lowest BCUT2D eigenvalue weighted by Gasteiger charge is -2.01. The van der Waals surface area contributed by atoms with E-state index in [9.17, 15) is 4.79 Å². The first-order chi connectivity index (χ1) is 6.69. The van der Waals surface area contributed by atoms with Crippen molar-refractivity contribution in [3.63, 3.8) is 0 Å². The number of nitrogens with zero attached hydrogens (tertiary/aromatic N) is 2. The van der Waals surface area contributed by atoms with E-state index >= 15 is 0 Å². The Bertz CT molecular complexity index is 398. The van der Waals surface area contributed by atoms with E-state index in [1.807, 2.05) is 6.07 Å². The number of rotatable bonds is 2. The molecule has 1 rings (SSSR count). The van der Waals surface area contributed by atoms with Crippen LogP contribution in [0.4, 0.5) is 0 Å². The van der Waals surface area contributed by atoms with E-state index in [1.54, 1.807) is 13.0 Å². The predicted molar refractivity (Wildman–Crippen MR) is 52.6 cm³/mol. The van der Waals surface area contributed by atoms with Crippen molar-refractivity contribution in [2.24, 2.45) is 0 Å². The van der Waals surface area contributed by atoms with Crippen molar-refractivity contribution >= 4 is 21.9 Å². The van der Waals surface area contributed by atoms with Crippen LogP contribution in [0.25, 0.3) is 0 Å². The van der Waals surface area contributed by atoms with Crippen molar-refractivity contribution in [1.29, 1.82) is 5.26 Å². The Morgan fingerprint density at radius 1 is 1.71 bits per heavy atom. The van der Waals surface area contributed by atoms with E-state index in [2.05, 4.69) is 20.9 Å². The molecule has 0 aliphatic carbocycles. The zero-order valence-corrected chi connectivity index (χ0v) is 9.04. The van der Waals surface area contributed by atoms with Crippen LogP contribution in [0.3, 0.4) is 0 Å². The molecule has 1 heterocycles. The minimum absolute atomic E-state index is 0.145. The molecule has 0 saturated heterocycles. The van der Waals surface area contributed by atoms with Crippen LogP contribution in [0.1, 0.15) is 23.1 Å². The van der Waals surface area contributed by atoms with Gasteiger partial charge in [0.05, 0.1) is 11.1 Å². The molecule has 72 valence electrons. The second-order valence-corrected chi connectivity index (χ2v) is 3.21. The first-order valence-corrected chi connectivity index (χ1v) is 4.72. The summed E-state index contributed by atoms with van der Waals surface area (Å²) >= 11 is 3.14. The van der Waals surface area contributed by atoms with Crippen molar-refractivity contribution in [3.05, 3.63) is 28.0 Å². The van der Waals surface area contributed by atoms with Crippen molar-refractivity contribution in [2.45, 2.75) is 6.92 Å². The summed E-state index contributed by atoms with van der Waals surface area (Å²) < 4.78 is 5.30. The molecular weight excluding hydrogens is 248 g/mol. The smallest absolute Gasteiger partial charge is 0.356 e. The lowest BCUT2D eigenvalue weighted by molar-refractivity contribution is 0.0519. The number of halogens is 1. The highest BCUT2D eigenvalue weighted by Gasteiger charge is 2.10. The van der Waals surface area contributed by atoms with E-state index in [-0.39, 0.29) is 11.4 Å². The van der Waals surface area contributed by atoms with Crippen LogP contribution < -0.4 is 0 Å². The number of ether oxygens (including phenoxy) is 1. The van der Waals surface area contributed by atoms with Gasteiger partial charge in [0.2, 0.25) is 0 Å². The summed E-state index contributed by atoms with van der Waals surface area (Å²) in [6.45, 7) is 2.00. The minimum atomic E-state index is -0.517. The lowest BCUT2D eigenvalue weighted by Crippen LogP contribution is -2.07. The molecule has 0 unspecified atom stereocenters. The van der Waals surface area contributed by atoms with Gasteiger partial charge in [-0.25, -0.2) is 9.78 Å². The topological polar surface area (TPSA) is 63.0 Å². The number of carbonyl (C=O) groups is 1. The molecule has 0 aliphatic heterocycles. The van der Waals surface area contributed by atoms with Gasteiger partial charge in [0.1, 0.15) is 11.8 Å². The lowest BCUT2D eigenvalue weighted by atomic mass is 10.3. The first kappa shape index (κ1) is 10.7. The molecule has 0 fully saturated rings. The van der Waals surface area contributed by atoms with Crippen LogP contribution in [-0.2, 0) is 4.74 Å². The molecule has 0 aromatic carbocycles. The van der Waals surface area contributed by atoms with Gasteiger partial charge in [-0.15, -0.1) is 0 Å². The van der Waals surface area contributed by atoms with E-state index in [0.29, 0.717) is 11.1 Å². The quantitative estimate of drug-likeness (QED) is 0.757. The monoisotopic (exact) mass is 254 g/mol. The van der Waals surface area contributed by atoms with Crippen LogP contribution >= 0.6 is 15.9 Å². The minimum Gasteiger partial charge on any atom is -0.461 e. The maximum Gasteiger partial charge on any atom is 0.356 e. The molecule has 0 bridgehead atoms. The summed E-state index contributed by atoms with van der Waals surface area (Å²) in [5.74, 6) is -0.517. The Morgan fingerprint density at radius 3 is 3.00 bits per heavy atom. The van der Waals surface area contributed by atoms with Crippen molar-refractivity contribution < 1.29 is 9.53 Å². The Labute approximate surface area is 89.6 Å². The molecule has 0 N–H and O–H groups in total. The van der Waals surface area contributed by atoms with Gasteiger partial charge in [-0.1, -0.05) is 0 Å². The maximum atomic E-state index is 11.2. The molecule has 14 heavy (non-hydrogen) atoms. The Balaban J connectivity index is 3.02. The van der Waals surface area contributed by atoms with Gasteiger partial charge in [-0.05, 0) is 35.0 Å². The SMILES string of the molecule is CCOC(=O)c1ccc(Br)c(C#N)n1. The predicted octanol–water partition coefficient (Wildman–Crippen LogP) is 1.89. The summed E-state index contributed by atoms with van der Waals surface area (Å²) in [6, 6.07) is 4.96. The van der Waals surface area contributed by atoms with E-state index in [1.165, 1.54) is 6.07 Å². The normalized spacial score (nSPS) is 9.21. The molecular formula is C9H7BrN2O2. The van der Waals surface area contributed by atoms with E-state index < -0.39 is 5.97 Å². The summed E-state index contributed by atoms with van der Waals surface area (Å²) in [6.07, 6.45) is 0. The van der Waals surface area contributed by atoms with Crippen molar-refractivity contribution in [1.82, 2.24) is 4.98 Å². The highest BCUT2D eigenvalue weighted by atomic mass is 79.9. The zero-order chi connectivity index (χ0) is 10.6. The number of nitriles is 1. The van der Waals surface area contributed by atoms with Crippen LogP contribution in [0.5, 0.6) is 0 Å². The fraction of sp³-hybridized carbons (Fsp3) is 0.222. The van der Waals surface area contributed by atoms with Gasteiger partial charge >= 0.3 is 5.97 Å². The highest BCUT2D eigenvalue weighted by Crippen LogP contribution is 2.14. The molecule has 0 atom stereocenters. The van der Waals surface area contributed by atoms with Gasteiger partial charge in [-0.2, -0.15) is 5.26 Å². The first-order valence-electron chi connectivity index (χ1n) is 3.92. The van der Waals surface area contributed by atoms with Crippen molar-refractivity contribution in [3.8, 4) is 6.07 Å². The maximum absolute atomic E-state index is 11.2. The van der Waals surface area contributed by atoms with Gasteiger partial charge in [0, 0.05) is 0 Å². The van der Waals surface area contributed by atoms with E-state index in [4.69, 9.17) is 10.00 Å². The molecule has 5 heteroatoms. The average Bonchev–Trinajstić information content (AvgIpc) is 2.19. The standard InChI is InChI=1S/C9H7BrN2O2/c1-2-14-9(13)7-4-3-6(10)8(5-11)12-7/h3-4H,2H2,1H3. The molecule has 0 saturated carbocycles. The van der Waals surface area contributed by atoms with Gasteiger partial charge < -0.3 is 4.74 Å². The Kier molecular flexibility index (Phi) is 3.60. The van der Waals surface area contributed by atoms with Gasteiger partial charge in [0.15, 0.2) is 5.69 Å². The number of esters is 1. The van der Waals surface area contributed by atoms with Crippen molar-refractivity contribution in [2.75, 3.05) is 6.61 Å². The average molecular weight is 255 g/mol. The third kappa shape index (κ3) is 2.30. The second-order valence-electron chi connectivity index (χ2n) is 2.36. The number of hydrogen-bond donors (Lipinski definition) is 0. The summed E-state index contributed by atoms with van der Waals surface area (Å²) in [7, 11) is 0. The van der Waals surface area contributed by atoms with Crippen LogP contribution in [0.15, 0.2) is 16.6 Å². The summed E-state index contributed by atoms with van der Waals surface area (Å²) in [5.41, 5.74) is 0.321. The zero-order valence-electron chi connectivity index (χ0n) is 7.45. The molecule has 4 nitrogen and oxygen atoms in total. The number of aromatic nitrogens is 1. The second kappa shape index (κ2) is 4.72. The fourth-order valence-electron chi connectivity index (χ4n) is 0.839. The third-order valence-corrected chi connectivity index (χ3v) is 2.08. The largest absolute Gasteiger partial charge is 0.461 e. The van der Waals surface area contributed by atoms with Crippen LogP contribution in [-0.4, -0.2) is 17.6 Å². The van der Waals surface area contributed by atoms with Crippen LogP contribution in [0.2, 0.25) is 0 Å². The van der Waals surface area contributed by atoms with Crippen LogP contribution in [0, 0.1) is 11.3 Å². The number of carbonyl (C=O) groups excluding carboxylic acids is 1.